The fourth-order valence-electron chi connectivity index (χ4n) is 3.91. The Morgan fingerprint density at radius 2 is 1.91 bits per heavy atom. The zero-order chi connectivity index (χ0) is 16.3. The number of hydrogen-bond donors (Lipinski definition) is 0. The zero-order valence-electron chi connectivity index (χ0n) is 14.3. The van der Waals surface area contributed by atoms with Gasteiger partial charge in [0.25, 0.3) is 0 Å². The molecule has 2 heterocycles. The van der Waals surface area contributed by atoms with Crippen LogP contribution in [0.4, 0.5) is 0 Å². The molecule has 0 aliphatic carbocycles. The highest BCUT2D eigenvalue weighted by Gasteiger charge is 2.46. The highest BCUT2D eigenvalue weighted by atomic mass is 16.6. The summed E-state index contributed by atoms with van der Waals surface area (Å²) in [4.78, 5) is 2.40. The van der Waals surface area contributed by atoms with E-state index in [-0.39, 0.29) is 11.7 Å². The standard InChI is InChI=1S/C18H27NO4/c1-20-15-6-4-7-16(21-2)14(15)12-19-10-9-18(8-5-11-23-18)17(13-19)22-3/h4,6-7,17H,5,8-13H2,1-3H3/t17-,18-/m0/s1. The van der Waals surface area contributed by atoms with Gasteiger partial charge in [0, 0.05) is 33.4 Å². The number of nitrogens with zero attached hydrogens (tertiary/aromatic N) is 1. The van der Waals surface area contributed by atoms with Crippen LogP contribution in [0.25, 0.3) is 0 Å². The molecule has 1 aromatic rings. The van der Waals surface area contributed by atoms with Crippen molar-refractivity contribution in [1.82, 2.24) is 4.90 Å². The molecule has 0 amide bonds. The largest absolute Gasteiger partial charge is 0.496 e. The lowest BCUT2D eigenvalue weighted by molar-refractivity contribution is -0.143. The van der Waals surface area contributed by atoms with Crippen molar-refractivity contribution in [2.24, 2.45) is 0 Å². The molecule has 2 aliphatic heterocycles. The van der Waals surface area contributed by atoms with Gasteiger partial charge in [0.05, 0.1) is 31.5 Å². The lowest BCUT2D eigenvalue weighted by atomic mass is 9.85. The van der Waals surface area contributed by atoms with Crippen LogP contribution in [0.2, 0.25) is 0 Å². The first-order valence-corrected chi connectivity index (χ1v) is 8.31. The van der Waals surface area contributed by atoms with Gasteiger partial charge < -0.3 is 18.9 Å². The van der Waals surface area contributed by atoms with Crippen LogP contribution >= 0.6 is 0 Å². The van der Waals surface area contributed by atoms with Gasteiger partial charge in [-0.05, 0) is 31.4 Å². The number of benzene rings is 1. The Morgan fingerprint density at radius 1 is 1.17 bits per heavy atom. The molecule has 5 nitrogen and oxygen atoms in total. The molecule has 23 heavy (non-hydrogen) atoms. The van der Waals surface area contributed by atoms with Crippen LogP contribution in [-0.2, 0) is 16.0 Å². The lowest BCUT2D eigenvalue weighted by Gasteiger charge is -2.44. The summed E-state index contributed by atoms with van der Waals surface area (Å²) in [5, 5.41) is 0. The lowest BCUT2D eigenvalue weighted by Crippen LogP contribution is -2.55. The van der Waals surface area contributed by atoms with Crippen LogP contribution in [0.3, 0.4) is 0 Å². The Balaban J connectivity index is 1.75. The van der Waals surface area contributed by atoms with Crippen molar-refractivity contribution < 1.29 is 18.9 Å². The van der Waals surface area contributed by atoms with E-state index >= 15 is 0 Å². The summed E-state index contributed by atoms with van der Waals surface area (Å²) in [5.41, 5.74) is 1.02. The van der Waals surface area contributed by atoms with E-state index < -0.39 is 0 Å². The van der Waals surface area contributed by atoms with Crippen LogP contribution in [0, 0.1) is 0 Å². The summed E-state index contributed by atoms with van der Waals surface area (Å²) in [5.74, 6) is 1.74. The molecular weight excluding hydrogens is 294 g/mol. The third-order valence-corrected chi connectivity index (χ3v) is 5.19. The topological polar surface area (TPSA) is 40.2 Å². The highest BCUT2D eigenvalue weighted by molar-refractivity contribution is 5.44. The Morgan fingerprint density at radius 3 is 2.48 bits per heavy atom. The predicted molar refractivity (Wildman–Crippen MR) is 88.2 cm³/mol. The number of likely N-dealkylation sites (tertiary alicyclic amines) is 1. The Bertz CT molecular complexity index is 506. The van der Waals surface area contributed by atoms with E-state index in [1.807, 2.05) is 18.2 Å². The molecule has 2 atom stereocenters. The number of hydrogen-bond acceptors (Lipinski definition) is 5. The zero-order valence-corrected chi connectivity index (χ0v) is 14.3. The van der Waals surface area contributed by atoms with Crippen molar-refractivity contribution >= 4 is 0 Å². The maximum atomic E-state index is 6.07. The molecule has 0 unspecified atom stereocenters. The van der Waals surface area contributed by atoms with Gasteiger partial charge in [-0.15, -0.1) is 0 Å². The molecule has 0 aromatic heterocycles. The molecule has 1 spiro atoms. The van der Waals surface area contributed by atoms with E-state index in [0.717, 1.165) is 62.6 Å². The van der Waals surface area contributed by atoms with Gasteiger partial charge in [-0.2, -0.15) is 0 Å². The molecule has 0 radical (unpaired) electrons. The maximum absolute atomic E-state index is 6.07. The minimum Gasteiger partial charge on any atom is -0.496 e. The Hall–Kier alpha value is -1.30. The monoisotopic (exact) mass is 321 g/mol. The maximum Gasteiger partial charge on any atom is 0.127 e. The summed E-state index contributed by atoms with van der Waals surface area (Å²) < 4.78 is 22.9. The predicted octanol–water partition coefficient (Wildman–Crippen LogP) is 2.47. The first-order chi connectivity index (χ1) is 11.2. The van der Waals surface area contributed by atoms with Crippen molar-refractivity contribution in [2.45, 2.75) is 37.5 Å². The minimum atomic E-state index is -0.0733. The number of piperidine rings is 1. The Kier molecular flexibility index (Phi) is 5.09. The van der Waals surface area contributed by atoms with Crippen molar-refractivity contribution in [3.63, 3.8) is 0 Å². The fourth-order valence-corrected chi connectivity index (χ4v) is 3.91. The van der Waals surface area contributed by atoms with Gasteiger partial charge in [-0.25, -0.2) is 0 Å². The molecule has 0 N–H and O–H groups in total. The molecule has 5 heteroatoms. The van der Waals surface area contributed by atoms with E-state index in [4.69, 9.17) is 18.9 Å². The van der Waals surface area contributed by atoms with E-state index in [1.54, 1.807) is 21.3 Å². The van der Waals surface area contributed by atoms with Gasteiger partial charge >= 0.3 is 0 Å². The average Bonchev–Trinajstić information content (AvgIpc) is 3.06. The van der Waals surface area contributed by atoms with Crippen molar-refractivity contribution in [1.29, 1.82) is 0 Å². The van der Waals surface area contributed by atoms with Gasteiger partial charge in [-0.3, -0.25) is 4.90 Å². The number of methoxy groups -OCH3 is 3. The second-order valence-corrected chi connectivity index (χ2v) is 6.37. The van der Waals surface area contributed by atoms with E-state index in [2.05, 4.69) is 4.90 Å². The second-order valence-electron chi connectivity index (χ2n) is 6.37. The molecule has 0 bridgehead atoms. The summed E-state index contributed by atoms with van der Waals surface area (Å²) in [6.45, 7) is 3.53. The van der Waals surface area contributed by atoms with E-state index in [9.17, 15) is 0 Å². The van der Waals surface area contributed by atoms with Gasteiger partial charge in [-0.1, -0.05) is 6.07 Å². The molecule has 3 rings (SSSR count). The van der Waals surface area contributed by atoms with Crippen molar-refractivity contribution in [3.8, 4) is 11.5 Å². The quantitative estimate of drug-likeness (QED) is 0.833. The molecule has 2 saturated heterocycles. The van der Waals surface area contributed by atoms with Gasteiger partial charge in [0.15, 0.2) is 0 Å². The molecule has 0 saturated carbocycles. The van der Waals surface area contributed by atoms with Crippen LogP contribution < -0.4 is 9.47 Å². The smallest absolute Gasteiger partial charge is 0.127 e. The Labute approximate surface area is 138 Å². The van der Waals surface area contributed by atoms with Crippen molar-refractivity contribution in [2.75, 3.05) is 41.0 Å². The summed E-state index contributed by atoms with van der Waals surface area (Å²) in [7, 11) is 5.20. The molecule has 128 valence electrons. The summed E-state index contributed by atoms with van der Waals surface area (Å²) in [6, 6.07) is 5.92. The molecule has 2 aliphatic rings. The van der Waals surface area contributed by atoms with Crippen LogP contribution in [0.1, 0.15) is 24.8 Å². The summed E-state index contributed by atoms with van der Waals surface area (Å²) in [6.07, 6.45) is 3.39. The fraction of sp³-hybridized carbons (Fsp3) is 0.667. The summed E-state index contributed by atoms with van der Waals surface area (Å²) >= 11 is 0. The second kappa shape index (κ2) is 7.07. The van der Waals surface area contributed by atoms with E-state index in [1.165, 1.54) is 0 Å². The number of ether oxygens (including phenoxy) is 4. The van der Waals surface area contributed by atoms with E-state index in [0.29, 0.717) is 0 Å². The van der Waals surface area contributed by atoms with Crippen LogP contribution in [0.5, 0.6) is 11.5 Å². The van der Waals surface area contributed by atoms with Crippen LogP contribution in [-0.4, -0.2) is 57.6 Å². The molecule has 1 aromatic carbocycles. The van der Waals surface area contributed by atoms with Gasteiger partial charge in [0.2, 0.25) is 0 Å². The average molecular weight is 321 g/mol. The minimum absolute atomic E-state index is 0.0733. The number of rotatable bonds is 5. The third kappa shape index (κ3) is 3.18. The highest BCUT2D eigenvalue weighted by Crippen LogP contribution is 2.38. The molecule has 2 fully saturated rings. The normalized spacial score (nSPS) is 28.2. The van der Waals surface area contributed by atoms with Gasteiger partial charge in [0.1, 0.15) is 11.5 Å². The van der Waals surface area contributed by atoms with Crippen molar-refractivity contribution in [3.05, 3.63) is 23.8 Å². The first-order valence-electron chi connectivity index (χ1n) is 8.31. The third-order valence-electron chi connectivity index (χ3n) is 5.19. The first kappa shape index (κ1) is 16.6. The SMILES string of the molecule is COc1cccc(OC)c1CN1CC[C@@]2(CCCO2)[C@@H](OC)C1. The van der Waals surface area contributed by atoms with Crippen LogP contribution in [0.15, 0.2) is 18.2 Å². The molecular formula is C18H27NO4.